The largest absolute Gasteiger partial charge is 0.321 e. The first-order valence-corrected chi connectivity index (χ1v) is 4.28. The minimum Gasteiger partial charge on any atom is -0.321 e. The van der Waals surface area contributed by atoms with Gasteiger partial charge in [0, 0.05) is 10.0 Å². The molecule has 0 bridgehead atoms. The molecule has 64 valence electrons. The Hall–Kier alpha value is -0.670. The van der Waals surface area contributed by atoms with E-state index >= 15 is 0 Å². The van der Waals surface area contributed by atoms with Crippen LogP contribution < -0.4 is 5.73 Å². The monoisotopic (exact) mass is 229 g/mol. The summed E-state index contributed by atoms with van der Waals surface area (Å²) >= 11 is 3.22. The molecular weight excluding hydrogens is 221 g/mol. The molecule has 1 nitrogen and oxygen atoms in total. The van der Waals surface area contributed by atoms with Crippen LogP contribution in [0.3, 0.4) is 0 Å². The highest BCUT2D eigenvalue weighted by Gasteiger charge is 2.10. The maximum atomic E-state index is 13.1. The molecule has 0 saturated heterocycles. The molecule has 0 fully saturated rings. The second kappa shape index (κ2) is 3.83. The highest BCUT2D eigenvalue weighted by atomic mass is 79.9. The first kappa shape index (κ1) is 9.42. The highest BCUT2D eigenvalue weighted by Crippen LogP contribution is 2.24. The van der Waals surface area contributed by atoms with Crippen molar-refractivity contribution in [1.29, 1.82) is 0 Å². The molecule has 0 heterocycles. The van der Waals surface area contributed by atoms with Crippen molar-refractivity contribution < 1.29 is 4.39 Å². The van der Waals surface area contributed by atoms with Crippen LogP contribution in [0.2, 0.25) is 0 Å². The first-order valence-electron chi connectivity index (χ1n) is 3.49. The lowest BCUT2D eigenvalue weighted by molar-refractivity contribution is 0.600. The maximum Gasteiger partial charge on any atom is 0.129 e. The molecule has 0 aliphatic rings. The lowest BCUT2D eigenvalue weighted by Gasteiger charge is -2.09. The quantitative estimate of drug-likeness (QED) is 0.776. The zero-order valence-electron chi connectivity index (χ0n) is 6.43. The molecule has 12 heavy (non-hydrogen) atoms. The van der Waals surface area contributed by atoms with E-state index in [1.165, 1.54) is 12.1 Å². The van der Waals surface area contributed by atoms with Gasteiger partial charge in [0.05, 0.1) is 6.04 Å². The van der Waals surface area contributed by atoms with Crippen LogP contribution in [-0.4, -0.2) is 0 Å². The van der Waals surface area contributed by atoms with Gasteiger partial charge in [-0.2, -0.15) is 0 Å². The van der Waals surface area contributed by atoms with E-state index in [9.17, 15) is 4.39 Å². The van der Waals surface area contributed by atoms with E-state index < -0.39 is 6.04 Å². The number of hydrogen-bond acceptors (Lipinski definition) is 1. The van der Waals surface area contributed by atoms with Crippen LogP contribution in [0.25, 0.3) is 0 Å². The van der Waals surface area contributed by atoms with Gasteiger partial charge < -0.3 is 5.73 Å². The highest BCUT2D eigenvalue weighted by molar-refractivity contribution is 9.10. The number of rotatable bonds is 2. The van der Waals surface area contributed by atoms with E-state index in [0.717, 1.165) is 0 Å². The molecule has 0 aliphatic heterocycles. The molecular formula is C9H9BrFN. The van der Waals surface area contributed by atoms with Crippen LogP contribution in [0.5, 0.6) is 0 Å². The SMILES string of the molecule is C=C[C@H](N)c1c(F)cccc1Br. The molecule has 0 spiro atoms. The molecule has 0 saturated carbocycles. The van der Waals surface area contributed by atoms with E-state index in [-0.39, 0.29) is 5.82 Å². The summed E-state index contributed by atoms with van der Waals surface area (Å²) in [5, 5.41) is 0. The fraction of sp³-hybridized carbons (Fsp3) is 0.111. The lowest BCUT2D eigenvalue weighted by atomic mass is 10.1. The Kier molecular flexibility index (Phi) is 3.00. The van der Waals surface area contributed by atoms with Gasteiger partial charge in [-0.05, 0) is 12.1 Å². The molecule has 0 amide bonds. The molecule has 1 atom stereocenters. The van der Waals surface area contributed by atoms with Gasteiger partial charge in [0.1, 0.15) is 5.82 Å². The molecule has 0 radical (unpaired) electrons. The van der Waals surface area contributed by atoms with Crippen molar-refractivity contribution in [1.82, 2.24) is 0 Å². The van der Waals surface area contributed by atoms with Crippen LogP contribution in [-0.2, 0) is 0 Å². The normalized spacial score (nSPS) is 12.6. The summed E-state index contributed by atoms with van der Waals surface area (Å²) in [7, 11) is 0. The summed E-state index contributed by atoms with van der Waals surface area (Å²) in [5.41, 5.74) is 6.06. The van der Waals surface area contributed by atoms with Crippen molar-refractivity contribution in [2.45, 2.75) is 6.04 Å². The standard InChI is InChI=1S/C9H9BrFN/c1-2-8(12)9-6(10)4-3-5-7(9)11/h2-5,8H,1,12H2/t8-/m0/s1. The van der Waals surface area contributed by atoms with E-state index in [1.54, 1.807) is 12.1 Å². The summed E-state index contributed by atoms with van der Waals surface area (Å²) in [4.78, 5) is 0. The van der Waals surface area contributed by atoms with Gasteiger partial charge in [0.2, 0.25) is 0 Å². The van der Waals surface area contributed by atoms with Crippen LogP contribution >= 0.6 is 15.9 Å². The van der Waals surface area contributed by atoms with E-state index in [0.29, 0.717) is 10.0 Å². The maximum absolute atomic E-state index is 13.1. The van der Waals surface area contributed by atoms with Crippen molar-refractivity contribution in [3.63, 3.8) is 0 Å². The van der Waals surface area contributed by atoms with Crippen molar-refractivity contribution in [2.75, 3.05) is 0 Å². The number of benzene rings is 1. The van der Waals surface area contributed by atoms with Gasteiger partial charge in [-0.15, -0.1) is 6.58 Å². The van der Waals surface area contributed by atoms with Gasteiger partial charge in [-0.1, -0.05) is 28.1 Å². The minimum absolute atomic E-state index is 0.309. The molecule has 0 aromatic heterocycles. The zero-order chi connectivity index (χ0) is 9.14. The van der Waals surface area contributed by atoms with Gasteiger partial charge >= 0.3 is 0 Å². The van der Waals surface area contributed by atoms with E-state index in [1.807, 2.05) is 0 Å². The summed E-state index contributed by atoms with van der Waals surface area (Å²) in [5.74, 6) is -0.309. The van der Waals surface area contributed by atoms with Crippen LogP contribution in [0.4, 0.5) is 4.39 Å². The molecule has 2 N–H and O–H groups in total. The third-order valence-electron chi connectivity index (χ3n) is 1.59. The Bertz CT molecular complexity index is 278. The predicted molar refractivity (Wildman–Crippen MR) is 51.2 cm³/mol. The second-order valence-corrected chi connectivity index (χ2v) is 3.25. The third-order valence-corrected chi connectivity index (χ3v) is 2.28. The Balaban J connectivity index is 3.20. The summed E-state index contributed by atoms with van der Waals surface area (Å²) < 4.78 is 13.8. The smallest absolute Gasteiger partial charge is 0.129 e. The van der Waals surface area contributed by atoms with E-state index in [2.05, 4.69) is 22.5 Å². The Morgan fingerprint density at radius 3 is 2.75 bits per heavy atom. The second-order valence-electron chi connectivity index (χ2n) is 2.40. The van der Waals surface area contributed by atoms with Crippen LogP contribution in [0.15, 0.2) is 35.3 Å². The van der Waals surface area contributed by atoms with Crippen molar-refractivity contribution in [2.24, 2.45) is 5.73 Å². The third kappa shape index (κ3) is 1.73. The number of nitrogens with two attached hydrogens (primary N) is 1. The Labute approximate surface area is 79.2 Å². The Morgan fingerprint density at radius 1 is 1.58 bits per heavy atom. The van der Waals surface area contributed by atoms with E-state index in [4.69, 9.17) is 5.73 Å². The average molecular weight is 230 g/mol. The summed E-state index contributed by atoms with van der Waals surface area (Å²) in [6.45, 7) is 3.51. The average Bonchev–Trinajstić information content (AvgIpc) is 2.03. The summed E-state index contributed by atoms with van der Waals surface area (Å²) in [6, 6.07) is 4.30. The zero-order valence-corrected chi connectivity index (χ0v) is 8.01. The molecule has 1 aromatic rings. The molecule has 0 unspecified atom stereocenters. The summed E-state index contributed by atoms with van der Waals surface area (Å²) in [6.07, 6.45) is 1.50. The van der Waals surface area contributed by atoms with Gasteiger partial charge in [-0.25, -0.2) is 4.39 Å². The van der Waals surface area contributed by atoms with Crippen molar-refractivity contribution >= 4 is 15.9 Å². The van der Waals surface area contributed by atoms with Gasteiger partial charge in [0.25, 0.3) is 0 Å². The van der Waals surface area contributed by atoms with Gasteiger partial charge in [0.15, 0.2) is 0 Å². The molecule has 0 aliphatic carbocycles. The topological polar surface area (TPSA) is 26.0 Å². The van der Waals surface area contributed by atoms with Crippen LogP contribution in [0.1, 0.15) is 11.6 Å². The lowest BCUT2D eigenvalue weighted by Crippen LogP contribution is -2.09. The number of halogens is 2. The fourth-order valence-corrected chi connectivity index (χ4v) is 1.55. The fourth-order valence-electron chi connectivity index (χ4n) is 0.947. The number of hydrogen-bond donors (Lipinski definition) is 1. The predicted octanol–water partition coefficient (Wildman–Crippen LogP) is 2.77. The van der Waals surface area contributed by atoms with Crippen molar-refractivity contribution in [3.05, 3.63) is 46.7 Å². The first-order chi connectivity index (χ1) is 5.66. The molecule has 1 aromatic carbocycles. The molecule has 3 heteroatoms. The van der Waals surface area contributed by atoms with Gasteiger partial charge in [-0.3, -0.25) is 0 Å². The van der Waals surface area contributed by atoms with Crippen molar-refractivity contribution in [3.8, 4) is 0 Å². The Morgan fingerprint density at radius 2 is 2.25 bits per heavy atom. The minimum atomic E-state index is -0.458. The molecule has 1 rings (SSSR count). The van der Waals surface area contributed by atoms with Crippen LogP contribution in [0, 0.1) is 5.82 Å².